The summed E-state index contributed by atoms with van der Waals surface area (Å²) in [6, 6.07) is 2.84. The van der Waals surface area contributed by atoms with Gasteiger partial charge >= 0.3 is 0 Å². The van der Waals surface area contributed by atoms with Crippen LogP contribution in [0.5, 0.6) is 0 Å². The van der Waals surface area contributed by atoms with E-state index in [1.54, 1.807) is 4.90 Å². The molecule has 5 heterocycles. The van der Waals surface area contributed by atoms with Crippen molar-refractivity contribution in [2.75, 3.05) is 44.2 Å². The molecule has 10 heteroatoms. The van der Waals surface area contributed by atoms with Gasteiger partial charge in [-0.3, -0.25) is 24.6 Å². The fourth-order valence-corrected chi connectivity index (χ4v) is 7.66. The normalized spacial score (nSPS) is 31.3. The van der Waals surface area contributed by atoms with Crippen molar-refractivity contribution in [1.82, 2.24) is 25.4 Å². The van der Waals surface area contributed by atoms with Crippen LogP contribution in [0.4, 0.5) is 5.82 Å². The molecule has 2 unspecified atom stereocenters. The number of anilines is 1. The number of hydrogen-bond acceptors (Lipinski definition) is 8. The van der Waals surface area contributed by atoms with Crippen LogP contribution in [0.2, 0.25) is 0 Å². The zero-order chi connectivity index (χ0) is 28.7. The summed E-state index contributed by atoms with van der Waals surface area (Å²) in [5.41, 5.74) is 1.49. The second-order valence-corrected chi connectivity index (χ2v) is 13.5. The topological polar surface area (TPSA) is 107 Å². The van der Waals surface area contributed by atoms with Crippen molar-refractivity contribution in [1.29, 1.82) is 0 Å². The minimum absolute atomic E-state index is 0.181. The Morgan fingerprint density at radius 3 is 2.41 bits per heavy atom. The Labute approximate surface area is 243 Å². The summed E-state index contributed by atoms with van der Waals surface area (Å²) in [6.07, 6.45) is 8.09. The van der Waals surface area contributed by atoms with E-state index in [1.165, 1.54) is 32.2 Å². The Balaban J connectivity index is 0.978. The van der Waals surface area contributed by atoms with Gasteiger partial charge in [0.1, 0.15) is 11.9 Å². The molecule has 1 saturated carbocycles. The molecular weight excluding hydrogens is 520 g/mol. The minimum atomic E-state index is -0.634. The molecule has 1 aromatic heterocycles. The molecule has 224 valence electrons. The van der Waals surface area contributed by atoms with E-state index in [4.69, 9.17) is 9.72 Å². The van der Waals surface area contributed by atoms with Gasteiger partial charge in [0.25, 0.3) is 5.91 Å². The third-order valence-electron chi connectivity index (χ3n) is 9.85. The average molecular weight is 567 g/mol. The van der Waals surface area contributed by atoms with Crippen molar-refractivity contribution >= 4 is 23.5 Å². The number of aromatic nitrogens is 1. The molecule has 1 aromatic rings. The fourth-order valence-electron chi connectivity index (χ4n) is 7.66. The molecule has 0 radical (unpaired) electrons. The molecule has 41 heavy (non-hydrogen) atoms. The van der Waals surface area contributed by atoms with Gasteiger partial charge in [0, 0.05) is 51.2 Å². The lowest BCUT2D eigenvalue weighted by molar-refractivity contribution is -0.137. The number of hydrogen-bond donors (Lipinski definition) is 2. The van der Waals surface area contributed by atoms with E-state index in [-0.39, 0.29) is 29.8 Å². The molecule has 10 nitrogen and oxygen atoms in total. The van der Waals surface area contributed by atoms with E-state index in [0.29, 0.717) is 24.2 Å². The van der Waals surface area contributed by atoms with Gasteiger partial charge in [-0.15, -0.1) is 0 Å². The van der Waals surface area contributed by atoms with Crippen LogP contribution in [0.15, 0.2) is 12.1 Å². The van der Waals surface area contributed by atoms with E-state index in [0.717, 1.165) is 63.0 Å². The number of nitrogens with zero attached hydrogens (tertiary/aromatic N) is 4. The summed E-state index contributed by atoms with van der Waals surface area (Å²) < 4.78 is 6.61. The Morgan fingerprint density at radius 1 is 0.976 bits per heavy atom. The van der Waals surface area contributed by atoms with Gasteiger partial charge in [0.2, 0.25) is 11.8 Å². The first-order valence-corrected chi connectivity index (χ1v) is 15.7. The van der Waals surface area contributed by atoms with Crippen molar-refractivity contribution in [2.24, 2.45) is 5.92 Å². The number of carbonyl (C=O) groups is 3. The predicted molar refractivity (Wildman–Crippen MR) is 156 cm³/mol. The van der Waals surface area contributed by atoms with Crippen LogP contribution in [0.3, 0.4) is 0 Å². The smallest absolute Gasteiger partial charge is 0.257 e. The minimum Gasteiger partial charge on any atom is -0.375 e. The van der Waals surface area contributed by atoms with E-state index < -0.39 is 11.9 Å². The summed E-state index contributed by atoms with van der Waals surface area (Å²) >= 11 is 0. The lowest BCUT2D eigenvalue weighted by atomic mass is 9.86. The highest BCUT2D eigenvalue weighted by Gasteiger charge is 2.44. The van der Waals surface area contributed by atoms with Gasteiger partial charge in [-0.1, -0.05) is 0 Å². The highest BCUT2D eigenvalue weighted by atomic mass is 16.5. The maximum atomic E-state index is 13.2. The quantitative estimate of drug-likeness (QED) is 0.507. The molecule has 3 saturated heterocycles. The Morgan fingerprint density at radius 2 is 1.71 bits per heavy atom. The summed E-state index contributed by atoms with van der Waals surface area (Å²) in [4.78, 5) is 48.7. The van der Waals surface area contributed by atoms with Crippen molar-refractivity contribution in [3.8, 4) is 0 Å². The summed E-state index contributed by atoms with van der Waals surface area (Å²) in [5.74, 6) is 0.812. The Hall–Kier alpha value is -2.56. The van der Waals surface area contributed by atoms with Crippen LogP contribution >= 0.6 is 0 Å². The maximum Gasteiger partial charge on any atom is 0.257 e. The summed E-state index contributed by atoms with van der Waals surface area (Å²) in [6.45, 7) is 12.9. The van der Waals surface area contributed by atoms with Gasteiger partial charge in [0.15, 0.2) is 0 Å². The van der Waals surface area contributed by atoms with Gasteiger partial charge in [-0.05, 0) is 83.8 Å². The van der Waals surface area contributed by atoms with E-state index in [1.807, 2.05) is 19.1 Å². The highest BCUT2D eigenvalue weighted by molar-refractivity contribution is 6.05. The van der Waals surface area contributed by atoms with Crippen molar-refractivity contribution in [3.63, 3.8) is 0 Å². The molecular formula is C31H46N6O4. The lowest BCUT2D eigenvalue weighted by Gasteiger charge is -2.42. The number of pyridine rings is 1. The molecule has 0 bridgehead atoms. The van der Waals surface area contributed by atoms with Crippen LogP contribution in [0.25, 0.3) is 0 Å². The van der Waals surface area contributed by atoms with Gasteiger partial charge < -0.3 is 19.9 Å². The zero-order valence-corrected chi connectivity index (χ0v) is 24.9. The number of piperazine rings is 1. The second-order valence-electron chi connectivity index (χ2n) is 13.5. The number of piperidine rings is 2. The van der Waals surface area contributed by atoms with Gasteiger partial charge in [-0.2, -0.15) is 0 Å². The number of rotatable bonds is 6. The average Bonchev–Trinajstić information content (AvgIpc) is 3.19. The molecule has 1 aliphatic carbocycles. The molecule has 4 fully saturated rings. The van der Waals surface area contributed by atoms with Crippen LogP contribution in [0.1, 0.15) is 94.2 Å². The van der Waals surface area contributed by atoms with Gasteiger partial charge in [0.05, 0.1) is 29.5 Å². The number of imide groups is 1. The molecule has 5 aliphatic rings. The SMILES string of the molecule is CC1c2nc(N3CCC(O[C@H]4CC[C@H](CN5CCNC(C)(C)C5)CC4)CC3)ccc2C(=O)N1C1CCC(=O)NC1=O. The molecule has 3 amide bonds. The largest absolute Gasteiger partial charge is 0.375 e. The number of amides is 3. The van der Waals surface area contributed by atoms with Crippen LogP contribution in [0, 0.1) is 5.92 Å². The molecule has 6 rings (SSSR count). The second kappa shape index (κ2) is 11.6. The van der Waals surface area contributed by atoms with E-state index >= 15 is 0 Å². The lowest BCUT2D eigenvalue weighted by Crippen LogP contribution is -2.57. The highest BCUT2D eigenvalue weighted by Crippen LogP contribution is 2.37. The number of carbonyl (C=O) groups excluding carboxylic acids is 3. The Kier molecular flexibility index (Phi) is 8.09. The number of ether oxygens (including phenoxy) is 1. The summed E-state index contributed by atoms with van der Waals surface area (Å²) in [7, 11) is 0. The van der Waals surface area contributed by atoms with Gasteiger partial charge in [-0.25, -0.2) is 4.98 Å². The Bertz CT molecular complexity index is 1160. The molecule has 4 aliphatic heterocycles. The van der Waals surface area contributed by atoms with Crippen LogP contribution in [-0.2, 0) is 14.3 Å². The first kappa shape index (κ1) is 28.6. The van der Waals surface area contributed by atoms with Crippen molar-refractivity contribution < 1.29 is 19.1 Å². The summed E-state index contributed by atoms with van der Waals surface area (Å²) in [5, 5.41) is 5.99. The number of fused-ring (bicyclic) bond motifs is 1. The third kappa shape index (κ3) is 6.15. The standard InChI is InChI=1S/C31H46N6O4/c1-20-28-24(30(40)37(20)25-9-11-27(38)34-29(25)39)8-10-26(33-28)36-15-12-23(13-16-36)41-22-6-4-21(5-7-22)18-35-17-14-32-31(2,3)19-35/h8,10,20-23,25,32H,4-7,9,11-19H2,1-3H3,(H,34,38,39)/t20?,21-,22-,25?. The first-order chi connectivity index (χ1) is 19.7. The van der Waals surface area contributed by atoms with Crippen LogP contribution < -0.4 is 15.5 Å². The molecule has 0 spiro atoms. The molecule has 2 atom stereocenters. The fraction of sp³-hybridized carbons (Fsp3) is 0.742. The third-order valence-corrected chi connectivity index (χ3v) is 9.85. The molecule has 0 aromatic carbocycles. The van der Waals surface area contributed by atoms with E-state index in [9.17, 15) is 14.4 Å². The first-order valence-electron chi connectivity index (χ1n) is 15.7. The molecule has 2 N–H and O–H groups in total. The predicted octanol–water partition coefficient (Wildman–Crippen LogP) is 2.63. The van der Waals surface area contributed by atoms with Crippen molar-refractivity contribution in [3.05, 3.63) is 23.4 Å². The van der Waals surface area contributed by atoms with Crippen LogP contribution in [-0.4, -0.2) is 95.6 Å². The zero-order valence-electron chi connectivity index (χ0n) is 24.9. The monoisotopic (exact) mass is 566 g/mol. The van der Waals surface area contributed by atoms with E-state index in [2.05, 4.69) is 34.3 Å². The maximum absolute atomic E-state index is 13.2. The van der Waals surface area contributed by atoms with Crippen molar-refractivity contribution in [2.45, 2.75) is 102 Å². The number of nitrogens with one attached hydrogen (secondary N) is 2.